The first-order chi connectivity index (χ1) is 8.54. The van der Waals surface area contributed by atoms with E-state index < -0.39 is 5.97 Å². The number of hydrogen-bond donors (Lipinski definition) is 2. The molecule has 0 aliphatic carbocycles. The van der Waals surface area contributed by atoms with Gasteiger partial charge in [0.05, 0.1) is 19.4 Å². The van der Waals surface area contributed by atoms with E-state index in [9.17, 15) is 14.4 Å². The number of carbonyl (C=O) groups is 3. The lowest BCUT2D eigenvalue weighted by molar-refractivity contribution is -0.146. The van der Waals surface area contributed by atoms with E-state index >= 15 is 0 Å². The molecule has 0 unspecified atom stereocenters. The van der Waals surface area contributed by atoms with Gasteiger partial charge in [-0.1, -0.05) is 0 Å². The highest BCUT2D eigenvalue weighted by atomic mass is 16.5. The van der Waals surface area contributed by atoms with Gasteiger partial charge in [0.25, 0.3) is 0 Å². The molecule has 1 aliphatic rings. The second kappa shape index (κ2) is 6.83. The molecule has 0 spiro atoms. The van der Waals surface area contributed by atoms with Crippen LogP contribution in [0, 0.1) is 5.92 Å². The molecule has 1 heterocycles. The average Bonchev–Trinajstić information content (AvgIpc) is 2.37. The van der Waals surface area contributed by atoms with E-state index in [0.717, 1.165) is 0 Å². The Kier molecular flexibility index (Phi) is 5.41. The van der Waals surface area contributed by atoms with Gasteiger partial charge in [-0.25, -0.2) is 4.79 Å². The summed E-state index contributed by atoms with van der Waals surface area (Å²) in [5.74, 6) is -1.32. The standard InChI is InChI=1S/C11H18N2O5/c1-18-10(16)8-3-6-13(7-4-8)11(17)12-5-2-9(14)15/h8H,2-7H2,1H3,(H,12,17)(H,14,15). The molecule has 2 amide bonds. The number of hydrogen-bond acceptors (Lipinski definition) is 4. The molecule has 7 heteroatoms. The van der Waals surface area contributed by atoms with Crippen molar-refractivity contribution >= 4 is 18.0 Å². The van der Waals surface area contributed by atoms with E-state index in [0.29, 0.717) is 25.9 Å². The predicted octanol–water partition coefficient (Wildman–Crippen LogP) is 0.0557. The molecule has 18 heavy (non-hydrogen) atoms. The fourth-order valence-corrected chi connectivity index (χ4v) is 1.87. The summed E-state index contributed by atoms with van der Waals surface area (Å²) in [6.45, 7) is 1.09. The summed E-state index contributed by atoms with van der Waals surface area (Å²) in [5.41, 5.74) is 0. The third-order valence-corrected chi connectivity index (χ3v) is 2.93. The van der Waals surface area contributed by atoms with Crippen molar-refractivity contribution in [3.63, 3.8) is 0 Å². The van der Waals surface area contributed by atoms with Crippen molar-refractivity contribution in [1.29, 1.82) is 0 Å². The molecule has 2 N–H and O–H groups in total. The predicted molar refractivity (Wildman–Crippen MR) is 62.0 cm³/mol. The summed E-state index contributed by atoms with van der Waals surface area (Å²) in [7, 11) is 1.35. The average molecular weight is 258 g/mol. The van der Waals surface area contributed by atoms with Crippen LogP contribution in [0.15, 0.2) is 0 Å². The number of likely N-dealkylation sites (tertiary alicyclic amines) is 1. The Morgan fingerprint density at radius 3 is 2.44 bits per heavy atom. The zero-order valence-electron chi connectivity index (χ0n) is 10.3. The maximum Gasteiger partial charge on any atom is 0.317 e. The molecule has 0 aromatic heterocycles. The van der Waals surface area contributed by atoms with Gasteiger partial charge in [0.15, 0.2) is 0 Å². The lowest BCUT2D eigenvalue weighted by Crippen LogP contribution is -2.46. The minimum Gasteiger partial charge on any atom is -0.481 e. The number of piperidine rings is 1. The minimum atomic E-state index is -0.945. The number of methoxy groups -OCH3 is 1. The van der Waals surface area contributed by atoms with E-state index in [1.165, 1.54) is 7.11 Å². The van der Waals surface area contributed by atoms with Gasteiger partial charge in [-0.3, -0.25) is 9.59 Å². The molecular weight excluding hydrogens is 240 g/mol. The molecule has 7 nitrogen and oxygen atoms in total. The Labute approximate surface area is 105 Å². The van der Waals surface area contributed by atoms with Crippen LogP contribution in [0.4, 0.5) is 4.79 Å². The van der Waals surface area contributed by atoms with Crippen LogP contribution in [0.3, 0.4) is 0 Å². The minimum absolute atomic E-state index is 0.0929. The van der Waals surface area contributed by atoms with Crippen LogP contribution in [0.1, 0.15) is 19.3 Å². The van der Waals surface area contributed by atoms with Gasteiger partial charge in [-0.05, 0) is 12.8 Å². The fourth-order valence-electron chi connectivity index (χ4n) is 1.87. The van der Waals surface area contributed by atoms with Crippen molar-refractivity contribution in [2.75, 3.05) is 26.7 Å². The van der Waals surface area contributed by atoms with Crippen LogP contribution in [0.2, 0.25) is 0 Å². The summed E-state index contributed by atoms with van der Waals surface area (Å²) in [6, 6.07) is -0.278. The number of aliphatic carboxylic acids is 1. The fraction of sp³-hybridized carbons (Fsp3) is 0.727. The highest BCUT2D eigenvalue weighted by Crippen LogP contribution is 2.18. The molecule has 0 radical (unpaired) electrons. The maximum absolute atomic E-state index is 11.6. The van der Waals surface area contributed by atoms with Gasteiger partial charge in [-0.2, -0.15) is 0 Å². The summed E-state index contributed by atoms with van der Waals surface area (Å²) in [5, 5.41) is 11.0. The van der Waals surface area contributed by atoms with Crippen LogP contribution >= 0.6 is 0 Å². The number of ether oxygens (including phenoxy) is 1. The summed E-state index contributed by atoms with van der Waals surface area (Å²) >= 11 is 0. The van der Waals surface area contributed by atoms with Crippen molar-refractivity contribution in [3.05, 3.63) is 0 Å². The molecule has 0 bridgehead atoms. The Morgan fingerprint density at radius 1 is 1.33 bits per heavy atom. The molecule has 1 aliphatic heterocycles. The number of nitrogens with one attached hydrogen (secondary N) is 1. The number of urea groups is 1. The quantitative estimate of drug-likeness (QED) is 0.695. The lowest BCUT2D eigenvalue weighted by atomic mass is 9.97. The normalized spacial score (nSPS) is 16.2. The Hall–Kier alpha value is -1.79. The van der Waals surface area contributed by atoms with Crippen LogP contribution in [0.5, 0.6) is 0 Å². The van der Waals surface area contributed by atoms with E-state index in [1.807, 2.05) is 0 Å². The van der Waals surface area contributed by atoms with Crippen LogP contribution in [0.25, 0.3) is 0 Å². The van der Waals surface area contributed by atoms with Crippen molar-refractivity contribution in [2.24, 2.45) is 5.92 Å². The Morgan fingerprint density at radius 2 is 1.94 bits per heavy atom. The van der Waals surface area contributed by atoms with Crippen molar-refractivity contribution in [1.82, 2.24) is 10.2 Å². The topological polar surface area (TPSA) is 95.9 Å². The van der Waals surface area contributed by atoms with Gasteiger partial charge in [0.2, 0.25) is 0 Å². The SMILES string of the molecule is COC(=O)C1CCN(C(=O)NCCC(=O)O)CC1. The van der Waals surface area contributed by atoms with Crippen molar-refractivity contribution in [2.45, 2.75) is 19.3 Å². The summed E-state index contributed by atoms with van der Waals surface area (Å²) in [4.78, 5) is 34.8. The van der Waals surface area contributed by atoms with E-state index in [1.54, 1.807) is 4.90 Å². The van der Waals surface area contributed by atoms with Gasteiger partial charge >= 0.3 is 18.0 Å². The molecule has 1 fully saturated rings. The van der Waals surface area contributed by atoms with Gasteiger partial charge in [0, 0.05) is 19.6 Å². The van der Waals surface area contributed by atoms with E-state index in [4.69, 9.17) is 5.11 Å². The van der Waals surface area contributed by atoms with Gasteiger partial charge < -0.3 is 20.1 Å². The Balaban J connectivity index is 2.27. The number of esters is 1. The first-order valence-electron chi connectivity index (χ1n) is 5.87. The van der Waals surface area contributed by atoms with Crippen LogP contribution in [-0.4, -0.2) is 54.7 Å². The molecule has 0 aromatic carbocycles. The third kappa shape index (κ3) is 4.23. The van der Waals surface area contributed by atoms with Gasteiger partial charge in [0.1, 0.15) is 0 Å². The third-order valence-electron chi connectivity index (χ3n) is 2.93. The van der Waals surface area contributed by atoms with Gasteiger partial charge in [-0.15, -0.1) is 0 Å². The van der Waals surface area contributed by atoms with E-state index in [2.05, 4.69) is 10.1 Å². The molecule has 1 saturated heterocycles. The highest BCUT2D eigenvalue weighted by Gasteiger charge is 2.27. The number of amides is 2. The molecule has 0 saturated carbocycles. The second-order valence-electron chi connectivity index (χ2n) is 4.16. The summed E-state index contributed by atoms with van der Waals surface area (Å²) < 4.78 is 4.65. The number of carboxylic acid groups (broad SMARTS) is 1. The number of rotatable bonds is 4. The Bertz CT molecular complexity index is 323. The maximum atomic E-state index is 11.6. The smallest absolute Gasteiger partial charge is 0.317 e. The van der Waals surface area contributed by atoms with Crippen LogP contribution in [-0.2, 0) is 14.3 Å². The van der Waals surface area contributed by atoms with Crippen LogP contribution < -0.4 is 5.32 Å². The van der Waals surface area contributed by atoms with E-state index in [-0.39, 0.29) is 30.9 Å². The molecular formula is C11H18N2O5. The second-order valence-corrected chi connectivity index (χ2v) is 4.16. The molecule has 102 valence electrons. The molecule has 1 rings (SSSR count). The monoisotopic (exact) mass is 258 g/mol. The van der Waals surface area contributed by atoms with Crippen molar-refractivity contribution in [3.8, 4) is 0 Å². The first kappa shape index (κ1) is 14.3. The summed E-state index contributed by atoms with van der Waals surface area (Å²) in [6.07, 6.45) is 1.07. The number of nitrogens with zero attached hydrogens (tertiary/aromatic N) is 1. The van der Waals surface area contributed by atoms with Crippen molar-refractivity contribution < 1.29 is 24.2 Å². The highest BCUT2D eigenvalue weighted by molar-refractivity contribution is 5.76. The first-order valence-corrected chi connectivity index (χ1v) is 5.87. The molecule has 0 atom stereocenters. The largest absolute Gasteiger partial charge is 0.481 e. The zero-order valence-corrected chi connectivity index (χ0v) is 10.3. The number of carbonyl (C=O) groups excluding carboxylic acids is 2. The zero-order chi connectivity index (χ0) is 13.5. The lowest BCUT2D eigenvalue weighted by Gasteiger charge is -2.30. The molecule has 0 aromatic rings. The number of carboxylic acids is 1.